The summed E-state index contributed by atoms with van der Waals surface area (Å²) in [5, 5.41) is 3.19. The lowest BCUT2D eigenvalue weighted by Gasteiger charge is -2.28. The molecule has 31 heavy (non-hydrogen) atoms. The van der Waals surface area contributed by atoms with Gasteiger partial charge in [-0.3, -0.25) is 14.5 Å². The molecule has 2 aromatic carbocycles. The molecular formula is C23H28ClN3O4. The number of nitrogens with one attached hydrogen (secondary N) is 1. The molecule has 1 fully saturated rings. The van der Waals surface area contributed by atoms with Crippen LogP contribution < -0.4 is 20.5 Å². The molecule has 3 N–H and O–H groups in total. The number of carbonyl (C=O) groups excluding carboxylic acids is 2. The van der Waals surface area contributed by atoms with Crippen LogP contribution in [0.2, 0.25) is 5.02 Å². The first-order chi connectivity index (χ1) is 14.9. The molecule has 166 valence electrons. The summed E-state index contributed by atoms with van der Waals surface area (Å²) in [6.45, 7) is 4.22. The Labute approximate surface area is 187 Å². The molecule has 3 rings (SSSR count). The van der Waals surface area contributed by atoms with Gasteiger partial charge in [-0.15, -0.1) is 0 Å². The maximum atomic E-state index is 12.9. The molecule has 1 aliphatic heterocycles. The monoisotopic (exact) mass is 445 g/mol. The Hall–Kier alpha value is -2.77. The number of benzene rings is 2. The fourth-order valence-electron chi connectivity index (χ4n) is 3.73. The first kappa shape index (κ1) is 22.9. The van der Waals surface area contributed by atoms with Crippen LogP contribution in [0.1, 0.15) is 40.4 Å². The number of aryl methyl sites for hydroxylation is 1. The van der Waals surface area contributed by atoms with E-state index in [1.54, 1.807) is 0 Å². The van der Waals surface area contributed by atoms with E-state index in [1.807, 2.05) is 0 Å². The molecule has 1 atom stereocenters. The van der Waals surface area contributed by atoms with Gasteiger partial charge in [0.25, 0.3) is 11.8 Å². The van der Waals surface area contributed by atoms with Crippen LogP contribution in [0.25, 0.3) is 0 Å². The molecule has 7 nitrogen and oxygen atoms in total. The zero-order chi connectivity index (χ0) is 22.4. The van der Waals surface area contributed by atoms with Gasteiger partial charge in [-0.2, -0.15) is 0 Å². The van der Waals surface area contributed by atoms with Crippen molar-refractivity contribution in [2.75, 3.05) is 33.4 Å². The molecule has 0 bridgehead atoms. The number of primary amides is 1. The van der Waals surface area contributed by atoms with E-state index in [0.717, 1.165) is 25.9 Å². The summed E-state index contributed by atoms with van der Waals surface area (Å²) >= 11 is 6.27. The van der Waals surface area contributed by atoms with Gasteiger partial charge in [-0.1, -0.05) is 41.4 Å². The average Bonchev–Trinajstić information content (AvgIpc) is 3.28. The molecule has 0 aliphatic carbocycles. The van der Waals surface area contributed by atoms with Crippen molar-refractivity contribution in [2.24, 2.45) is 5.73 Å². The number of hydrogen-bond acceptors (Lipinski definition) is 5. The topological polar surface area (TPSA) is 93.9 Å². The molecule has 1 aliphatic rings. The molecule has 2 aromatic rings. The molecule has 0 spiro atoms. The fourth-order valence-corrected chi connectivity index (χ4v) is 3.99. The summed E-state index contributed by atoms with van der Waals surface area (Å²) in [4.78, 5) is 26.3. The number of rotatable bonds is 9. The van der Waals surface area contributed by atoms with Crippen molar-refractivity contribution in [1.29, 1.82) is 0 Å². The molecule has 0 radical (unpaired) electrons. The van der Waals surface area contributed by atoms with E-state index in [2.05, 4.69) is 41.4 Å². The fraction of sp³-hybridized carbons (Fsp3) is 0.391. The summed E-state index contributed by atoms with van der Waals surface area (Å²) < 4.78 is 10.6. The van der Waals surface area contributed by atoms with Crippen LogP contribution in [0.5, 0.6) is 11.5 Å². The lowest BCUT2D eigenvalue weighted by atomic mass is 10.0. The Kier molecular flexibility index (Phi) is 7.76. The molecule has 0 saturated carbocycles. The first-order valence-electron chi connectivity index (χ1n) is 10.3. The normalized spacial score (nSPS) is 14.8. The van der Waals surface area contributed by atoms with Crippen LogP contribution in [-0.4, -0.2) is 50.1 Å². The average molecular weight is 446 g/mol. The highest BCUT2D eigenvalue weighted by molar-refractivity contribution is 6.32. The van der Waals surface area contributed by atoms with Crippen LogP contribution in [0.15, 0.2) is 36.4 Å². The smallest absolute Gasteiger partial charge is 0.255 e. The van der Waals surface area contributed by atoms with Crippen LogP contribution in [0.4, 0.5) is 0 Å². The number of halogens is 1. The molecule has 1 saturated heterocycles. The Morgan fingerprint density at radius 1 is 1.19 bits per heavy atom. The molecular weight excluding hydrogens is 418 g/mol. The Balaban J connectivity index is 1.75. The number of nitrogens with two attached hydrogens (primary N) is 1. The predicted octanol–water partition coefficient (Wildman–Crippen LogP) is 3.09. The van der Waals surface area contributed by atoms with Crippen LogP contribution in [0.3, 0.4) is 0 Å². The van der Waals surface area contributed by atoms with Gasteiger partial charge in [-0.25, -0.2) is 0 Å². The highest BCUT2D eigenvalue weighted by atomic mass is 35.5. The second-order valence-electron chi connectivity index (χ2n) is 7.62. The van der Waals surface area contributed by atoms with E-state index in [0.29, 0.717) is 12.1 Å². The van der Waals surface area contributed by atoms with Crippen molar-refractivity contribution in [2.45, 2.75) is 25.8 Å². The van der Waals surface area contributed by atoms with Gasteiger partial charge >= 0.3 is 0 Å². The summed E-state index contributed by atoms with van der Waals surface area (Å²) in [6, 6.07) is 11.6. The highest BCUT2D eigenvalue weighted by Gasteiger charge is 2.24. The third kappa shape index (κ3) is 5.89. The van der Waals surface area contributed by atoms with Gasteiger partial charge in [0.1, 0.15) is 0 Å². The molecule has 8 heteroatoms. The Morgan fingerprint density at radius 2 is 1.87 bits per heavy atom. The van der Waals surface area contributed by atoms with E-state index in [-0.39, 0.29) is 35.1 Å². The zero-order valence-electron chi connectivity index (χ0n) is 17.8. The first-order valence-corrected chi connectivity index (χ1v) is 10.6. The van der Waals surface area contributed by atoms with Gasteiger partial charge in [-0.05, 0) is 50.6 Å². The highest BCUT2D eigenvalue weighted by Crippen LogP contribution is 2.36. The van der Waals surface area contributed by atoms with Crippen molar-refractivity contribution in [3.05, 3.63) is 58.1 Å². The minimum absolute atomic E-state index is 0.0996. The maximum absolute atomic E-state index is 12.9. The number of ether oxygens (including phenoxy) is 2. The van der Waals surface area contributed by atoms with E-state index < -0.39 is 5.91 Å². The minimum Gasteiger partial charge on any atom is -0.493 e. The van der Waals surface area contributed by atoms with E-state index in [1.165, 1.54) is 30.4 Å². The summed E-state index contributed by atoms with van der Waals surface area (Å²) in [6.07, 6.45) is 2.33. The SMILES string of the molecule is COc1cc(C(=O)NCC(c2ccc(C)cc2)N2CCCC2)cc(Cl)c1OCC(N)=O. The largest absolute Gasteiger partial charge is 0.493 e. The van der Waals surface area contributed by atoms with Gasteiger partial charge in [0.15, 0.2) is 18.1 Å². The predicted molar refractivity (Wildman–Crippen MR) is 120 cm³/mol. The Bertz CT molecular complexity index is 927. The third-order valence-electron chi connectivity index (χ3n) is 5.35. The lowest BCUT2D eigenvalue weighted by Crippen LogP contribution is -2.36. The standard InChI is InChI=1S/C23H28ClN3O4/c1-15-5-7-16(8-6-15)19(27-9-3-4-10-27)13-26-23(29)17-11-18(24)22(20(12-17)30-2)31-14-21(25)28/h5-8,11-12,19H,3-4,9-10,13-14H2,1-2H3,(H2,25,28)(H,26,29). The number of carbonyl (C=O) groups is 2. The zero-order valence-corrected chi connectivity index (χ0v) is 18.6. The number of nitrogens with zero attached hydrogens (tertiary/aromatic N) is 1. The molecule has 1 unspecified atom stereocenters. The number of likely N-dealkylation sites (tertiary alicyclic amines) is 1. The summed E-state index contributed by atoms with van der Waals surface area (Å²) in [7, 11) is 1.44. The van der Waals surface area contributed by atoms with Crippen LogP contribution in [0, 0.1) is 6.92 Å². The minimum atomic E-state index is -0.635. The van der Waals surface area contributed by atoms with E-state index in [9.17, 15) is 9.59 Å². The van der Waals surface area contributed by atoms with E-state index in [4.69, 9.17) is 26.8 Å². The van der Waals surface area contributed by atoms with Crippen molar-refractivity contribution in [3.8, 4) is 11.5 Å². The number of methoxy groups -OCH3 is 1. The maximum Gasteiger partial charge on any atom is 0.255 e. The van der Waals surface area contributed by atoms with Crippen molar-refractivity contribution in [3.63, 3.8) is 0 Å². The van der Waals surface area contributed by atoms with Crippen molar-refractivity contribution < 1.29 is 19.1 Å². The van der Waals surface area contributed by atoms with E-state index >= 15 is 0 Å². The Morgan fingerprint density at radius 3 is 2.48 bits per heavy atom. The van der Waals surface area contributed by atoms with Gasteiger partial charge in [0, 0.05) is 12.1 Å². The van der Waals surface area contributed by atoms with Crippen LogP contribution >= 0.6 is 11.6 Å². The number of amides is 2. The molecule has 2 amide bonds. The van der Waals surface area contributed by atoms with Gasteiger partial charge in [0.2, 0.25) is 0 Å². The lowest BCUT2D eigenvalue weighted by molar-refractivity contribution is -0.119. The van der Waals surface area contributed by atoms with Crippen LogP contribution in [-0.2, 0) is 4.79 Å². The third-order valence-corrected chi connectivity index (χ3v) is 5.63. The quantitative estimate of drug-likeness (QED) is 0.618. The summed E-state index contributed by atoms with van der Waals surface area (Å²) in [5.41, 5.74) is 7.85. The second-order valence-corrected chi connectivity index (χ2v) is 8.03. The summed E-state index contributed by atoms with van der Waals surface area (Å²) in [5.74, 6) is -0.468. The van der Waals surface area contributed by atoms with Crippen molar-refractivity contribution in [1.82, 2.24) is 10.2 Å². The second kappa shape index (κ2) is 10.5. The van der Waals surface area contributed by atoms with Gasteiger partial charge in [0.05, 0.1) is 18.2 Å². The molecule has 1 heterocycles. The van der Waals surface area contributed by atoms with Crippen molar-refractivity contribution >= 4 is 23.4 Å². The number of hydrogen-bond donors (Lipinski definition) is 2. The van der Waals surface area contributed by atoms with Gasteiger partial charge < -0.3 is 20.5 Å². The molecule has 0 aromatic heterocycles.